The first-order valence-corrected chi connectivity index (χ1v) is 8.29. The lowest BCUT2D eigenvalue weighted by molar-refractivity contribution is -0.0903. The third-order valence-corrected chi connectivity index (χ3v) is 4.45. The van der Waals surface area contributed by atoms with Crippen LogP contribution in [0.2, 0.25) is 0 Å². The molecule has 0 atom stereocenters. The number of thioether (sulfide) groups is 1. The van der Waals surface area contributed by atoms with Gasteiger partial charge in [-0.25, -0.2) is 9.98 Å². The quantitative estimate of drug-likeness (QED) is 0.525. The molecule has 128 valence electrons. The standard InChI is InChI=1S/C17H18F3N3S/c1-5-24-14-9-7-6-8-12(14)16-22-15(21-3)13(23(16)4)10-11(2)17(18,19)20/h6-10H,3,5H2,1-2,4H3/b11-10+. The summed E-state index contributed by atoms with van der Waals surface area (Å²) in [5.74, 6) is 1.64. The second-order valence-corrected chi connectivity index (χ2v) is 6.42. The minimum atomic E-state index is -4.39. The number of allylic oxidation sites excluding steroid dienone is 1. The van der Waals surface area contributed by atoms with E-state index in [4.69, 9.17) is 0 Å². The van der Waals surface area contributed by atoms with E-state index in [2.05, 4.69) is 16.7 Å². The molecule has 1 aromatic heterocycles. The number of hydrogen-bond acceptors (Lipinski definition) is 3. The van der Waals surface area contributed by atoms with Crippen molar-refractivity contribution in [3.8, 4) is 11.4 Å². The monoisotopic (exact) mass is 353 g/mol. The largest absolute Gasteiger partial charge is 0.412 e. The van der Waals surface area contributed by atoms with Crippen molar-refractivity contribution in [1.82, 2.24) is 9.55 Å². The molecular formula is C17H18F3N3S. The summed E-state index contributed by atoms with van der Waals surface area (Å²) in [6.45, 7) is 6.49. The minimum Gasteiger partial charge on any atom is -0.326 e. The summed E-state index contributed by atoms with van der Waals surface area (Å²) in [5, 5.41) is 0. The first-order valence-electron chi connectivity index (χ1n) is 7.30. The number of rotatable bonds is 5. The summed E-state index contributed by atoms with van der Waals surface area (Å²) in [6.07, 6.45) is -3.34. The van der Waals surface area contributed by atoms with E-state index in [1.165, 1.54) is 0 Å². The molecule has 7 heteroatoms. The lowest BCUT2D eigenvalue weighted by Gasteiger charge is -2.10. The summed E-state index contributed by atoms with van der Waals surface area (Å²) < 4.78 is 40.2. The number of aromatic nitrogens is 2. The normalized spacial score (nSPS) is 12.5. The van der Waals surface area contributed by atoms with Crippen LogP contribution in [0.1, 0.15) is 19.5 Å². The highest BCUT2D eigenvalue weighted by Gasteiger charge is 2.30. The number of halogens is 3. The van der Waals surface area contributed by atoms with Crippen LogP contribution < -0.4 is 0 Å². The van der Waals surface area contributed by atoms with E-state index in [9.17, 15) is 13.2 Å². The van der Waals surface area contributed by atoms with Crippen molar-refractivity contribution in [2.75, 3.05) is 5.75 Å². The molecule has 1 heterocycles. The predicted octanol–water partition coefficient (Wildman–Crippen LogP) is 5.50. The lowest BCUT2D eigenvalue weighted by Crippen LogP contribution is -2.09. The molecule has 0 aliphatic rings. The Kier molecular flexibility index (Phi) is 5.54. The van der Waals surface area contributed by atoms with Crippen LogP contribution in [0.4, 0.5) is 19.0 Å². The van der Waals surface area contributed by atoms with Gasteiger partial charge in [-0.1, -0.05) is 25.1 Å². The molecule has 1 aromatic carbocycles. The fraction of sp³-hybridized carbons (Fsp3) is 0.294. The molecule has 3 nitrogen and oxygen atoms in total. The molecule has 0 amide bonds. The SMILES string of the molecule is C=Nc1nc(-c2ccccc2SCC)n(C)c1/C=C(\C)C(F)(F)F. The molecule has 2 aromatic rings. The number of nitrogens with zero attached hydrogens (tertiary/aromatic N) is 3. The zero-order chi connectivity index (χ0) is 17.9. The van der Waals surface area contributed by atoms with Crippen LogP contribution in [0.5, 0.6) is 0 Å². The number of aliphatic imine (C=N–C) groups is 1. The van der Waals surface area contributed by atoms with Gasteiger partial charge in [-0.05, 0) is 31.5 Å². The third-order valence-electron chi connectivity index (χ3n) is 3.50. The van der Waals surface area contributed by atoms with Crippen molar-refractivity contribution in [1.29, 1.82) is 0 Å². The maximum absolute atomic E-state index is 12.8. The number of hydrogen-bond donors (Lipinski definition) is 0. The van der Waals surface area contributed by atoms with Crippen LogP contribution >= 0.6 is 11.8 Å². The van der Waals surface area contributed by atoms with Gasteiger partial charge in [-0.2, -0.15) is 13.2 Å². The fourth-order valence-electron chi connectivity index (χ4n) is 2.23. The van der Waals surface area contributed by atoms with Gasteiger partial charge >= 0.3 is 6.18 Å². The highest BCUT2D eigenvalue weighted by atomic mass is 32.2. The van der Waals surface area contributed by atoms with E-state index in [1.807, 2.05) is 31.2 Å². The Bertz CT molecular complexity index is 776. The first kappa shape index (κ1) is 18.3. The van der Waals surface area contributed by atoms with Gasteiger partial charge in [-0.15, -0.1) is 11.8 Å². The molecule has 0 spiro atoms. The zero-order valence-electron chi connectivity index (χ0n) is 13.7. The Morgan fingerprint density at radius 2 is 2.04 bits per heavy atom. The van der Waals surface area contributed by atoms with E-state index in [-0.39, 0.29) is 11.5 Å². The summed E-state index contributed by atoms with van der Waals surface area (Å²) in [5.41, 5.74) is 0.436. The third kappa shape index (κ3) is 3.72. The van der Waals surface area contributed by atoms with Gasteiger partial charge in [-0.3, -0.25) is 0 Å². The molecular weight excluding hydrogens is 335 g/mol. The molecule has 2 rings (SSSR count). The van der Waals surface area contributed by atoms with Gasteiger partial charge in [0.05, 0.1) is 5.69 Å². The average Bonchev–Trinajstić information content (AvgIpc) is 2.84. The van der Waals surface area contributed by atoms with Crippen LogP contribution in [0.25, 0.3) is 17.5 Å². The van der Waals surface area contributed by atoms with Gasteiger partial charge in [0.15, 0.2) is 5.82 Å². The highest BCUT2D eigenvalue weighted by Crippen LogP contribution is 2.35. The molecule has 0 fully saturated rings. The van der Waals surface area contributed by atoms with E-state index < -0.39 is 11.7 Å². The molecule has 0 saturated carbocycles. The average molecular weight is 353 g/mol. The van der Waals surface area contributed by atoms with Crippen LogP contribution in [-0.4, -0.2) is 28.2 Å². The van der Waals surface area contributed by atoms with Crippen LogP contribution in [-0.2, 0) is 7.05 Å². The Labute approximate surface area is 143 Å². The summed E-state index contributed by atoms with van der Waals surface area (Å²) in [6, 6.07) is 7.67. The second-order valence-electron chi connectivity index (χ2n) is 5.12. The first-order chi connectivity index (χ1) is 11.3. The Morgan fingerprint density at radius 3 is 2.62 bits per heavy atom. The van der Waals surface area contributed by atoms with Gasteiger partial charge in [0.1, 0.15) is 5.82 Å². The molecule has 0 saturated heterocycles. The van der Waals surface area contributed by atoms with Gasteiger partial charge in [0, 0.05) is 23.1 Å². The molecule has 0 radical (unpaired) electrons. The number of alkyl halides is 3. The van der Waals surface area contributed by atoms with E-state index >= 15 is 0 Å². The van der Waals surface area contributed by atoms with Crippen molar-refractivity contribution >= 4 is 30.4 Å². The molecule has 0 N–H and O–H groups in total. The second kappa shape index (κ2) is 7.25. The van der Waals surface area contributed by atoms with Crippen LogP contribution in [0.15, 0.2) is 39.7 Å². The van der Waals surface area contributed by atoms with Crippen LogP contribution in [0, 0.1) is 0 Å². The Balaban J connectivity index is 2.62. The van der Waals surface area contributed by atoms with Gasteiger partial charge in [0.2, 0.25) is 0 Å². The van der Waals surface area contributed by atoms with Crippen molar-refractivity contribution in [3.05, 3.63) is 35.5 Å². The van der Waals surface area contributed by atoms with E-state index in [1.54, 1.807) is 23.4 Å². The fourth-order valence-corrected chi connectivity index (χ4v) is 3.04. The topological polar surface area (TPSA) is 30.2 Å². The smallest absolute Gasteiger partial charge is 0.326 e. The maximum atomic E-state index is 12.8. The summed E-state index contributed by atoms with van der Waals surface area (Å²) in [4.78, 5) is 9.19. The molecule has 0 aliphatic heterocycles. The van der Waals surface area contributed by atoms with E-state index in [0.29, 0.717) is 5.82 Å². The zero-order valence-corrected chi connectivity index (χ0v) is 14.5. The number of benzene rings is 1. The van der Waals surface area contributed by atoms with Crippen molar-refractivity contribution in [3.63, 3.8) is 0 Å². The van der Waals surface area contributed by atoms with Crippen LogP contribution in [0.3, 0.4) is 0 Å². The van der Waals surface area contributed by atoms with E-state index in [0.717, 1.165) is 29.2 Å². The molecule has 0 bridgehead atoms. The van der Waals surface area contributed by atoms with Crippen molar-refractivity contribution in [2.45, 2.75) is 24.9 Å². The highest BCUT2D eigenvalue weighted by molar-refractivity contribution is 7.99. The lowest BCUT2D eigenvalue weighted by atomic mass is 10.2. The predicted molar refractivity (Wildman–Crippen MR) is 94.0 cm³/mol. The summed E-state index contributed by atoms with van der Waals surface area (Å²) >= 11 is 1.65. The van der Waals surface area contributed by atoms with Crippen molar-refractivity contribution in [2.24, 2.45) is 12.0 Å². The summed E-state index contributed by atoms with van der Waals surface area (Å²) in [7, 11) is 1.68. The van der Waals surface area contributed by atoms with Crippen molar-refractivity contribution < 1.29 is 13.2 Å². The molecule has 0 unspecified atom stereocenters. The van der Waals surface area contributed by atoms with Gasteiger partial charge in [0.25, 0.3) is 0 Å². The van der Waals surface area contributed by atoms with Gasteiger partial charge < -0.3 is 4.57 Å². The molecule has 24 heavy (non-hydrogen) atoms. The Morgan fingerprint density at radius 1 is 1.38 bits per heavy atom. The maximum Gasteiger partial charge on any atom is 0.412 e. The molecule has 0 aliphatic carbocycles. The Hall–Kier alpha value is -2.02. The number of imidazole rings is 1. The minimum absolute atomic E-state index is 0.187.